The molecule has 2 aliphatic heterocycles. The summed E-state index contributed by atoms with van der Waals surface area (Å²) in [6.07, 6.45) is 6.67. The lowest BCUT2D eigenvalue weighted by molar-refractivity contribution is -0.136. The van der Waals surface area contributed by atoms with Crippen LogP contribution in [0.2, 0.25) is 0 Å². The molecule has 2 N–H and O–H groups in total. The van der Waals surface area contributed by atoms with Crippen LogP contribution in [0.1, 0.15) is 54.4 Å². The van der Waals surface area contributed by atoms with E-state index in [0.29, 0.717) is 56.4 Å². The summed E-state index contributed by atoms with van der Waals surface area (Å²) in [5.41, 5.74) is 2.96. The average molecular weight is 562 g/mol. The first-order valence-corrected chi connectivity index (χ1v) is 15.1. The van der Waals surface area contributed by atoms with E-state index in [1.165, 1.54) is 6.42 Å². The van der Waals surface area contributed by atoms with Crippen LogP contribution in [0.5, 0.6) is 5.75 Å². The Labute approximate surface area is 243 Å². The second kappa shape index (κ2) is 13.9. The summed E-state index contributed by atoms with van der Waals surface area (Å²) < 4.78 is 5.23. The molecule has 0 atom stereocenters. The molecule has 3 amide bonds. The Morgan fingerprint density at radius 3 is 2.34 bits per heavy atom. The van der Waals surface area contributed by atoms with Gasteiger partial charge in [0.25, 0.3) is 5.91 Å². The Morgan fingerprint density at radius 2 is 1.61 bits per heavy atom. The highest BCUT2D eigenvalue weighted by Crippen LogP contribution is 2.31. The number of carbonyl (C=O) groups is 3. The summed E-state index contributed by atoms with van der Waals surface area (Å²) in [6.45, 7) is 5.76. The predicted molar refractivity (Wildman–Crippen MR) is 161 cm³/mol. The van der Waals surface area contributed by atoms with E-state index in [1.54, 1.807) is 7.11 Å². The van der Waals surface area contributed by atoms with Gasteiger partial charge in [-0.1, -0.05) is 31.4 Å². The molecule has 3 fully saturated rings. The number of nitrogens with zero attached hydrogens (tertiary/aromatic N) is 3. The SMILES string of the molecule is COc1ccc(CC(=O)Nc2cc(C(=O)N3CCCNCC3)ccc2N2CCN(C(=O)C3CCCCC3)CC2)cc1. The minimum absolute atomic E-state index is 0.0196. The van der Waals surface area contributed by atoms with Crippen LogP contribution in [0, 0.1) is 5.92 Å². The molecule has 0 spiro atoms. The van der Waals surface area contributed by atoms with Gasteiger partial charge in [0.05, 0.1) is 24.9 Å². The van der Waals surface area contributed by atoms with Gasteiger partial charge in [-0.15, -0.1) is 0 Å². The molecule has 9 nitrogen and oxygen atoms in total. The Kier molecular flexibility index (Phi) is 9.77. The molecule has 0 aromatic heterocycles. The topological polar surface area (TPSA) is 94.2 Å². The van der Waals surface area contributed by atoms with E-state index >= 15 is 0 Å². The summed E-state index contributed by atoms with van der Waals surface area (Å²) in [6, 6.07) is 13.1. The highest BCUT2D eigenvalue weighted by molar-refractivity contribution is 6.00. The van der Waals surface area contributed by atoms with Gasteiger partial charge in [-0.3, -0.25) is 14.4 Å². The van der Waals surface area contributed by atoms with Gasteiger partial charge in [0.15, 0.2) is 0 Å². The molecular weight excluding hydrogens is 518 g/mol. The van der Waals surface area contributed by atoms with Gasteiger partial charge in [0, 0.05) is 57.3 Å². The van der Waals surface area contributed by atoms with Gasteiger partial charge in [0.2, 0.25) is 11.8 Å². The monoisotopic (exact) mass is 561 g/mol. The number of anilines is 2. The van der Waals surface area contributed by atoms with Crippen molar-refractivity contribution >= 4 is 29.1 Å². The third-order valence-electron chi connectivity index (χ3n) is 8.56. The smallest absolute Gasteiger partial charge is 0.253 e. The number of benzene rings is 2. The Balaban J connectivity index is 1.31. The number of amides is 3. The zero-order valence-electron chi connectivity index (χ0n) is 24.2. The molecule has 220 valence electrons. The van der Waals surface area contributed by atoms with Crippen molar-refractivity contribution in [3.8, 4) is 5.75 Å². The molecule has 1 aliphatic carbocycles. The van der Waals surface area contributed by atoms with Crippen LogP contribution in [0.25, 0.3) is 0 Å². The van der Waals surface area contributed by atoms with Crippen molar-refractivity contribution in [1.82, 2.24) is 15.1 Å². The molecule has 5 rings (SSSR count). The van der Waals surface area contributed by atoms with E-state index in [2.05, 4.69) is 15.5 Å². The number of methoxy groups -OCH3 is 1. The number of rotatable bonds is 7. The summed E-state index contributed by atoms with van der Waals surface area (Å²) in [4.78, 5) is 45.8. The van der Waals surface area contributed by atoms with Gasteiger partial charge in [-0.05, 0) is 61.7 Å². The van der Waals surface area contributed by atoms with Crippen molar-refractivity contribution in [2.24, 2.45) is 5.92 Å². The zero-order chi connectivity index (χ0) is 28.6. The molecule has 2 aromatic carbocycles. The zero-order valence-corrected chi connectivity index (χ0v) is 24.2. The molecule has 0 unspecified atom stereocenters. The van der Waals surface area contributed by atoms with E-state index in [-0.39, 0.29) is 24.2 Å². The van der Waals surface area contributed by atoms with Gasteiger partial charge in [0.1, 0.15) is 5.75 Å². The Morgan fingerprint density at radius 1 is 0.854 bits per heavy atom. The lowest BCUT2D eigenvalue weighted by Gasteiger charge is -2.39. The molecule has 0 bridgehead atoms. The maximum absolute atomic E-state index is 13.4. The van der Waals surface area contributed by atoms with Gasteiger partial charge in [-0.2, -0.15) is 0 Å². The maximum atomic E-state index is 13.4. The second-order valence-electron chi connectivity index (χ2n) is 11.3. The van der Waals surface area contributed by atoms with Crippen LogP contribution in [-0.4, -0.2) is 87.0 Å². The molecule has 9 heteroatoms. The Hall–Kier alpha value is -3.59. The van der Waals surface area contributed by atoms with Crippen LogP contribution in [0.15, 0.2) is 42.5 Å². The van der Waals surface area contributed by atoms with Crippen LogP contribution in [0.4, 0.5) is 11.4 Å². The maximum Gasteiger partial charge on any atom is 0.253 e. The molecule has 2 aromatic rings. The highest BCUT2D eigenvalue weighted by Gasteiger charge is 2.29. The summed E-state index contributed by atoms with van der Waals surface area (Å²) in [7, 11) is 1.62. The molecule has 0 radical (unpaired) electrons. The largest absolute Gasteiger partial charge is 0.497 e. The quantitative estimate of drug-likeness (QED) is 0.537. The number of hydrogen-bond acceptors (Lipinski definition) is 6. The van der Waals surface area contributed by atoms with Crippen molar-refractivity contribution in [1.29, 1.82) is 0 Å². The van der Waals surface area contributed by atoms with Crippen molar-refractivity contribution in [3.05, 3.63) is 53.6 Å². The first kappa shape index (κ1) is 28.9. The van der Waals surface area contributed by atoms with Gasteiger partial charge in [-0.25, -0.2) is 0 Å². The van der Waals surface area contributed by atoms with Crippen LogP contribution in [-0.2, 0) is 16.0 Å². The van der Waals surface area contributed by atoms with Crippen LogP contribution >= 0.6 is 0 Å². The number of carbonyl (C=O) groups excluding carboxylic acids is 3. The first-order chi connectivity index (χ1) is 20.0. The summed E-state index contributed by atoms with van der Waals surface area (Å²) >= 11 is 0. The Bertz CT molecular complexity index is 1200. The third-order valence-corrected chi connectivity index (χ3v) is 8.56. The second-order valence-corrected chi connectivity index (χ2v) is 11.3. The van der Waals surface area contributed by atoms with Gasteiger partial charge >= 0.3 is 0 Å². The van der Waals surface area contributed by atoms with E-state index in [0.717, 1.165) is 62.2 Å². The van der Waals surface area contributed by atoms with E-state index in [1.807, 2.05) is 52.3 Å². The molecule has 41 heavy (non-hydrogen) atoms. The number of piperazine rings is 1. The number of ether oxygens (including phenoxy) is 1. The standard InChI is InChI=1S/C32H43N5O4/c1-41-27-11-8-24(9-12-27)22-30(38)34-28-23-26(32(40)36-16-5-14-33-15-17-36)10-13-29(28)35-18-20-37(21-19-35)31(39)25-6-3-2-4-7-25/h8-13,23,25,33H,2-7,14-22H2,1H3,(H,34,38). The molecule has 2 heterocycles. The normalized spacial score (nSPS) is 18.5. The third kappa shape index (κ3) is 7.38. The molecule has 3 aliphatic rings. The minimum atomic E-state index is -0.147. The predicted octanol–water partition coefficient (Wildman–Crippen LogP) is 3.54. The summed E-state index contributed by atoms with van der Waals surface area (Å²) in [5, 5.41) is 6.45. The van der Waals surface area contributed by atoms with Crippen molar-refractivity contribution in [2.45, 2.75) is 44.9 Å². The number of hydrogen-bond donors (Lipinski definition) is 2. The fourth-order valence-electron chi connectivity index (χ4n) is 6.18. The van der Waals surface area contributed by atoms with E-state index < -0.39 is 0 Å². The molecule has 1 saturated carbocycles. The van der Waals surface area contributed by atoms with E-state index in [9.17, 15) is 14.4 Å². The average Bonchev–Trinajstić information content (AvgIpc) is 3.31. The van der Waals surface area contributed by atoms with Crippen LogP contribution in [0.3, 0.4) is 0 Å². The lowest BCUT2D eigenvalue weighted by Crippen LogP contribution is -2.50. The highest BCUT2D eigenvalue weighted by atomic mass is 16.5. The van der Waals surface area contributed by atoms with Gasteiger partial charge < -0.3 is 30.1 Å². The fourth-order valence-corrected chi connectivity index (χ4v) is 6.18. The fraction of sp³-hybridized carbons (Fsp3) is 0.531. The molecular formula is C32H43N5O4. The van der Waals surface area contributed by atoms with Crippen LogP contribution < -0.4 is 20.3 Å². The van der Waals surface area contributed by atoms with Crippen molar-refractivity contribution < 1.29 is 19.1 Å². The number of nitrogens with one attached hydrogen (secondary N) is 2. The van der Waals surface area contributed by atoms with E-state index in [4.69, 9.17) is 4.74 Å². The van der Waals surface area contributed by atoms with Crippen molar-refractivity contribution in [2.75, 3.05) is 69.7 Å². The summed E-state index contributed by atoms with van der Waals surface area (Å²) in [5.74, 6) is 1.04. The lowest BCUT2D eigenvalue weighted by atomic mass is 9.88. The molecule has 2 saturated heterocycles. The minimum Gasteiger partial charge on any atom is -0.497 e. The first-order valence-electron chi connectivity index (χ1n) is 15.1. The van der Waals surface area contributed by atoms with Crippen molar-refractivity contribution in [3.63, 3.8) is 0 Å².